The van der Waals surface area contributed by atoms with Crippen LogP contribution in [0.15, 0.2) is 16.6 Å². The monoisotopic (exact) mass is 297 g/mol. The summed E-state index contributed by atoms with van der Waals surface area (Å²) >= 11 is 3.59. The van der Waals surface area contributed by atoms with Crippen molar-refractivity contribution in [3.05, 3.63) is 17.3 Å². The highest BCUT2D eigenvalue weighted by Gasteiger charge is 2.13. The van der Waals surface area contributed by atoms with Gasteiger partial charge in [0.05, 0.1) is 5.69 Å². The van der Waals surface area contributed by atoms with Gasteiger partial charge in [-0.1, -0.05) is 27.7 Å². The van der Waals surface area contributed by atoms with E-state index in [0.29, 0.717) is 11.8 Å². The first-order valence-corrected chi connectivity index (χ1v) is 8.72. The highest BCUT2D eigenvalue weighted by molar-refractivity contribution is 7.99. The van der Waals surface area contributed by atoms with E-state index in [9.17, 15) is 0 Å². The normalized spacial score (nSPS) is 12.1. The first kappa shape index (κ1) is 14.9. The molecular formula is C14H23N3S2. The van der Waals surface area contributed by atoms with Crippen LogP contribution in [0.1, 0.15) is 33.4 Å². The van der Waals surface area contributed by atoms with E-state index in [0.717, 1.165) is 23.8 Å². The quantitative estimate of drug-likeness (QED) is 0.786. The van der Waals surface area contributed by atoms with Gasteiger partial charge in [0, 0.05) is 23.9 Å². The van der Waals surface area contributed by atoms with E-state index in [2.05, 4.69) is 49.0 Å². The average Bonchev–Trinajstić information content (AvgIpc) is 2.88. The summed E-state index contributed by atoms with van der Waals surface area (Å²) in [5, 5.41) is 6.82. The highest BCUT2D eigenvalue weighted by atomic mass is 32.2. The van der Waals surface area contributed by atoms with Crippen molar-refractivity contribution in [2.24, 2.45) is 11.8 Å². The summed E-state index contributed by atoms with van der Waals surface area (Å²) in [5.74, 6) is 2.50. The van der Waals surface area contributed by atoms with E-state index < -0.39 is 0 Å². The molecule has 0 saturated heterocycles. The van der Waals surface area contributed by atoms with Gasteiger partial charge in [-0.05, 0) is 18.4 Å². The Morgan fingerprint density at radius 2 is 2.11 bits per heavy atom. The molecule has 0 aliphatic carbocycles. The third-order valence-corrected chi connectivity index (χ3v) is 4.91. The van der Waals surface area contributed by atoms with Gasteiger partial charge in [-0.15, -0.1) is 23.1 Å². The average molecular weight is 297 g/mol. The lowest BCUT2D eigenvalue weighted by atomic mass is 10.2. The van der Waals surface area contributed by atoms with E-state index in [1.54, 1.807) is 11.3 Å². The van der Waals surface area contributed by atoms with E-state index in [1.165, 1.54) is 10.7 Å². The summed E-state index contributed by atoms with van der Waals surface area (Å²) in [4.78, 5) is 5.85. The maximum Gasteiger partial charge on any atom is 0.194 e. The Morgan fingerprint density at radius 1 is 1.32 bits per heavy atom. The van der Waals surface area contributed by atoms with Crippen molar-refractivity contribution in [1.82, 2.24) is 14.7 Å². The number of nitrogens with zero attached hydrogens (tertiary/aromatic N) is 2. The summed E-state index contributed by atoms with van der Waals surface area (Å²) in [7, 11) is 0. The number of rotatable bonds is 7. The van der Waals surface area contributed by atoms with Gasteiger partial charge < -0.3 is 5.32 Å². The lowest BCUT2D eigenvalue weighted by molar-refractivity contribution is 0.544. The molecule has 0 spiro atoms. The van der Waals surface area contributed by atoms with Crippen LogP contribution in [0.4, 0.5) is 0 Å². The molecule has 0 radical (unpaired) electrons. The minimum Gasteiger partial charge on any atom is -0.311 e. The molecule has 2 aromatic heterocycles. The van der Waals surface area contributed by atoms with Gasteiger partial charge >= 0.3 is 0 Å². The molecule has 2 aromatic rings. The van der Waals surface area contributed by atoms with Crippen molar-refractivity contribution in [1.29, 1.82) is 0 Å². The van der Waals surface area contributed by atoms with E-state index in [1.807, 2.05) is 11.8 Å². The van der Waals surface area contributed by atoms with Crippen LogP contribution in [0.3, 0.4) is 0 Å². The molecule has 1 N–H and O–H groups in total. The summed E-state index contributed by atoms with van der Waals surface area (Å²) in [6, 6.07) is 0. The molecule has 106 valence electrons. The lowest BCUT2D eigenvalue weighted by Crippen LogP contribution is -2.20. The fraction of sp³-hybridized carbons (Fsp3) is 0.643. The predicted molar refractivity (Wildman–Crippen MR) is 85.2 cm³/mol. The maximum atomic E-state index is 4.75. The zero-order chi connectivity index (χ0) is 13.8. The molecular weight excluding hydrogens is 274 g/mol. The number of aromatic nitrogens is 2. The molecule has 0 unspecified atom stereocenters. The summed E-state index contributed by atoms with van der Waals surface area (Å²) in [6.07, 6.45) is 2.12. The van der Waals surface area contributed by atoms with Gasteiger partial charge in [-0.25, -0.2) is 4.98 Å². The Morgan fingerprint density at radius 3 is 2.79 bits per heavy atom. The molecule has 19 heavy (non-hydrogen) atoms. The van der Waals surface area contributed by atoms with E-state index in [4.69, 9.17) is 4.98 Å². The third kappa shape index (κ3) is 3.97. The van der Waals surface area contributed by atoms with Crippen LogP contribution in [0.25, 0.3) is 4.96 Å². The number of thioether (sulfide) groups is 1. The molecule has 0 atom stereocenters. The van der Waals surface area contributed by atoms with Crippen molar-refractivity contribution in [3.63, 3.8) is 0 Å². The zero-order valence-electron chi connectivity index (χ0n) is 12.1. The van der Waals surface area contributed by atoms with Crippen LogP contribution >= 0.6 is 23.1 Å². The van der Waals surface area contributed by atoms with Crippen molar-refractivity contribution < 1.29 is 0 Å². The maximum absolute atomic E-state index is 4.75. The molecule has 2 heterocycles. The van der Waals surface area contributed by atoms with Gasteiger partial charge in [-0.2, -0.15) is 0 Å². The second-order valence-electron chi connectivity index (χ2n) is 5.65. The molecule has 0 saturated carbocycles. The number of fused-ring (bicyclic) bond motifs is 1. The zero-order valence-corrected chi connectivity index (χ0v) is 13.8. The van der Waals surface area contributed by atoms with Crippen LogP contribution in [0.2, 0.25) is 0 Å². The molecule has 0 aliphatic heterocycles. The summed E-state index contributed by atoms with van der Waals surface area (Å²) in [6.45, 7) is 10.9. The topological polar surface area (TPSA) is 29.3 Å². The SMILES string of the molecule is CC(C)CNCc1c(SCC(C)C)nc2sccn12. The Labute approximate surface area is 123 Å². The molecule has 0 amide bonds. The molecule has 0 aliphatic rings. The number of thiazole rings is 1. The number of hydrogen-bond donors (Lipinski definition) is 1. The Bertz CT molecular complexity index is 514. The second-order valence-corrected chi connectivity index (χ2v) is 7.53. The van der Waals surface area contributed by atoms with Gasteiger partial charge in [0.15, 0.2) is 4.96 Å². The fourth-order valence-corrected chi connectivity index (χ4v) is 3.58. The van der Waals surface area contributed by atoms with Crippen LogP contribution in [0.5, 0.6) is 0 Å². The van der Waals surface area contributed by atoms with Gasteiger partial charge in [-0.3, -0.25) is 4.40 Å². The molecule has 0 aromatic carbocycles. The summed E-state index contributed by atoms with van der Waals surface area (Å²) < 4.78 is 2.22. The standard InChI is InChI=1S/C14H23N3S2/c1-10(2)7-15-8-12-13(19-9-11(3)4)16-14-17(12)5-6-18-14/h5-6,10-11,15H,7-9H2,1-4H3. The minimum absolute atomic E-state index is 0.678. The first-order chi connectivity index (χ1) is 9.08. The molecule has 2 rings (SSSR count). The van der Waals surface area contributed by atoms with Crippen molar-refractivity contribution in [2.75, 3.05) is 12.3 Å². The molecule has 0 fully saturated rings. The highest BCUT2D eigenvalue weighted by Crippen LogP contribution is 2.27. The van der Waals surface area contributed by atoms with Gasteiger partial charge in [0.1, 0.15) is 5.03 Å². The minimum atomic E-state index is 0.678. The van der Waals surface area contributed by atoms with E-state index >= 15 is 0 Å². The van der Waals surface area contributed by atoms with E-state index in [-0.39, 0.29) is 0 Å². The molecule has 0 bridgehead atoms. The number of imidazole rings is 1. The Hall–Kier alpha value is -0.520. The van der Waals surface area contributed by atoms with Crippen LogP contribution in [0, 0.1) is 11.8 Å². The van der Waals surface area contributed by atoms with Crippen LogP contribution in [-0.2, 0) is 6.54 Å². The van der Waals surface area contributed by atoms with Gasteiger partial charge in [0.25, 0.3) is 0 Å². The Balaban J connectivity index is 2.12. The van der Waals surface area contributed by atoms with Gasteiger partial charge in [0.2, 0.25) is 0 Å². The predicted octanol–water partition coefficient (Wildman–Crippen LogP) is 3.89. The first-order valence-electron chi connectivity index (χ1n) is 6.86. The fourth-order valence-electron chi connectivity index (χ4n) is 1.81. The number of hydrogen-bond acceptors (Lipinski definition) is 4. The molecule has 5 heteroatoms. The summed E-state index contributed by atoms with van der Waals surface area (Å²) in [5.41, 5.74) is 1.31. The van der Waals surface area contributed by atoms with Crippen molar-refractivity contribution in [3.8, 4) is 0 Å². The number of nitrogens with one attached hydrogen (secondary N) is 1. The van der Waals surface area contributed by atoms with Crippen LogP contribution < -0.4 is 5.32 Å². The second kappa shape index (κ2) is 6.77. The van der Waals surface area contributed by atoms with Crippen molar-refractivity contribution in [2.45, 2.75) is 39.3 Å². The Kier molecular flexibility index (Phi) is 5.30. The largest absolute Gasteiger partial charge is 0.311 e. The smallest absolute Gasteiger partial charge is 0.194 e. The third-order valence-electron chi connectivity index (χ3n) is 2.72. The van der Waals surface area contributed by atoms with Crippen LogP contribution in [-0.4, -0.2) is 21.7 Å². The lowest BCUT2D eigenvalue weighted by Gasteiger charge is -2.09. The molecule has 3 nitrogen and oxygen atoms in total. The van der Waals surface area contributed by atoms with Crippen molar-refractivity contribution >= 4 is 28.1 Å².